The third-order valence-electron chi connectivity index (χ3n) is 3.39. The average Bonchev–Trinajstić information content (AvgIpc) is 3.05. The Balaban J connectivity index is 2.12. The first-order valence-corrected chi connectivity index (χ1v) is 7.68. The summed E-state index contributed by atoms with van der Waals surface area (Å²) in [6.07, 6.45) is 1.35. The highest BCUT2D eigenvalue weighted by atomic mass is 19.3. The van der Waals surface area contributed by atoms with Gasteiger partial charge in [0.1, 0.15) is 12.0 Å². The summed E-state index contributed by atoms with van der Waals surface area (Å²) in [5.41, 5.74) is 6.56. The summed E-state index contributed by atoms with van der Waals surface area (Å²) in [7, 11) is 1.63. The molecule has 136 valence electrons. The molecule has 0 saturated carbocycles. The lowest BCUT2D eigenvalue weighted by Gasteiger charge is -2.18. The van der Waals surface area contributed by atoms with Gasteiger partial charge in [-0.05, 0) is 30.7 Å². The van der Waals surface area contributed by atoms with Crippen molar-refractivity contribution in [3.8, 4) is 11.5 Å². The molecule has 0 unspecified atom stereocenters. The van der Waals surface area contributed by atoms with E-state index in [1.165, 1.54) is 17.2 Å². The molecule has 2 N–H and O–H groups in total. The molecule has 0 bridgehead atoms. The fourth-order valence-electron chi connectivity index (χ4n) is 2.28. The van der Waals surface area contributed by atoms with Crippen LogP contribution in [-0.4, -0.2) is 31.1 Å². The third-order valence-corrected chi connectivity index (χ3v) is 3.39. The highest BCUT2D eigenvalue weighted by molar-refractivity contribution is 5.93. The topological polar surface area (TPSA) is 77.9 Å². The summed E-state index contributed by atoms with van der Waals surface area (Å²) in [5.74, 6) is 0.435. The van der Waals surface area contributed by atoms with Crippen LogP contribution in [0.4, 0.5) is 8.78 Å². The number of carbonyl (C=O) groups excluding carboxylic acids is 1. The Hall–Kier alpha value is -2.61. The number of hydrogen-bond donors (Lipinski definition) is 1. The maximum atomic E-state index is 12.4. The van der Waals surface area contributed by atoms with Gasteiger partial charge in [-0.15, -0.1) is 0 Å². The van der Waals surface area contributed by atoms with Crippen molar-refractivity contribution in [1.29, 1.82) is 0 Å². The molecule has 1 aromatic heterocycles. The van der Waals surface area contributed by atoms with Gasteiger partial charge in [-0.2, -0.15) is 8.78 Å². The van der Waals surface area contributed by atoms with Crippen LogP contribution in [0.1, 0.15) is 28.6 Å². The Morgan fingerprint density at radius 3 is 2.68 bits per heavy atom. The first-order valence-electron chi connectivity index (χ1n) is 7.68. The Kier molecular flexibility index (Phi) is 6.35. The van der Waals surface area contributed by atoms with E-state index >= 15 is 0 Å². The molecule has 0 atom stereocenters. The quantitative estimate of drug-likeness (QED) is 0.788. The Bertz CT molecular complexity index is 718. The van der Waals surface area contributed by atoms with Crippen molar-refractivity contribution in [3.63, 3.8) is 0 Å². The molecular formula is C17H20F2N2O4. The summed E-state index contributed by atoms with van der Waals surface area (Å²) >= 11 is 0. The van der Waals surface area contributed by atoms with E-state index in [1.54, 1.807) is 32.2 Å². The fraction of sp³-hybridized carbons (Fsp3) is 0.353. The highest BCUT2D eigenvalue weighted by Gasteiger charge is 2.17. The van der Waals surface area contributed by atoms with E-state index in [0.29, 0.717) is 23.5 Å². The van der Waals surface area contributed by atoms with Crippen molar-refractivity contribution in [3.05, 3.63) is 47.4 Å². The maximum Gasteiger partial charge on any atom is 0.387 e. The summed E-state index contributed by atoms with van der Waals surface area (Å²) in [5, 5.41) is 0. The smallest absolute Gasteiger partial charge is 0.387 e. The second-order valence-corrected chi connectivity index (χ2v) is 5.26. The number of furan rings is 1. The molecule has 1 heterocycles. The Labute approximate surface area is 144 Å². The second-order valence-electron chi connectivity index (χ2n) is 5.26. The van der Waals surface area contributed by atoms with Gasteiger partial charge in [0, 0.05) is 13.6 Å². The van der Waals surface area contributed by atoms with Crippen LogP contribution in [-0.2, 0) is 13.1 Å². The van der Waals surface area contributed by atoms with Crippen LogP contribution in [0, 0.1) is 0 Å². The third kappa shape index (κ3) is 4.93. The number of benzene rings is 1. The zero-order valence-corrected chi connectivity index (χ0v) is 14.0. The molecule has 0 radical (unpaired) electrons. The zero-order chi connectivity index (χ0) is 18.4. The van der Waals surface area contributed by atoms with E-state index < -0.39 is 6.61 Å². The minimum absolute atomic E-state index is 0.0444. The number of halogens is 2. The maximum absolute atomic E-state index is 12.4. The monoisotopic (exact) mass is 354 g/mol. The van der Waals surface area contributed by atoms with Crippen molar-refractivity contribution in [1.82, 2.24) is 4.90 Å². The first-order chi connectivity index (χ1) is 11.9. The van der Waals surface area contributed by atoms with Gasteiger partial charge in [0.05, 0.1) is 18.7 Å². The number of rotatable bonds is 8. The molecule has 0 spiro atoms. The lowest BCUT2D eigenvalue weighted by atomic mass is 10.1. The van der Waals surface area contributed by atoms with Gasteiger partial charge in [-0.3, -0.25) is 4.79 Å². The minimum Gasteiger partial charge on any atom is -0.490 e. The van der Waals surface area contributed by atoms with E-state index in [9.17, 15) is 13.6 Å². The number of alkyl halides is 2. The van der Waals surface area contributed by atoms with E-state index in [1.807, 2.05) is 0 Å². The van der Waals surface area contributed by atoms with Crippen molar-refractivity contribution in [2.75, 3.05) is 13.7 Å². The van der Waals surface area contributed by atoms with E-state index in [2.05, 4.69) is 4.74 Å². The van der Waals surface area contributed by atoms with E-state index in [4.69, 9.17) is 14.9 Å². The number of hydrogen-bond acceptors (Lipinski definition) is 5. The van der Waals surface area contributed by atoms with Gasteiger partial charge in [-0.25, -0.2) is 0 Å². The number of carbonyl (C=O) groups is 1. The molecule has 8 heteroatoms. The minimum atomic E-state index is -2.94. The standard InChI is InChI=1S/C17H20F2N2O4/c1-3-23-15-6-11(4-5-14(15)25-17(18)19)9-21(2)16(22)12-7-13(8-20)24-10-12/h4-7,10,17H,3,8-9,20H2,1-2H3. The second kappa shape index (κ2) is 8.48. The number of ether oxygens (including phenoxy) is 2. The van der Waals surface area contributed by atoms with Crippen LogP contribution >= 0.6 is 0 Å². The van der Waals surface area contributed by atoms with Gasteiger partial charge >= 0.3 is 6.61 Å². The fourth-order valence-corrected chi connectivity index (χ4v) is 2.28. The lowest BCUT2D eigenvalue weighted by Crippen LogP contribution is -2.25. The van der Waals surface area contributed by atoms with E-state index in [0.717, 1.165) is 0 Å². The SMILES string of the molecule is CCOc1cc(CN(C)C(=O)c2coc(CN)c2)ccc1OC(F)F. The van der Waals surface area contributed by atoms with Gasteiger partial charge < -0.3 is 24.5 Å². The summed E-state index contributed by atoms with van der Waals surface area (Å²) in [4.78, 5) is 13.8. The van der Waals surface area contributed by atoms with E-state index in [-0.39, 0.29) is 30.5 Å². The normalized spacial score (nSPS) is 10.8. The van der Waals surface area contributed by atoms with Crippen LogP contribution in [0.15, 0.2) is 34.9 Å². The van der Waals surface area contributed by atoms with Gasteiger partial charge in [-0.1, -0.05) is 6.07 Å². The molecular weight excluding hydrogens is 334 g/mol. The first kappa shape index (κ1) is 18.7. The average molecular weight is 354 g/mol. The molecule has 0 aliphatic carbocycles. The molecule has 0 saturated heterocycles. The van der Waals surface area contributed by atoms with Crippen molar-refractivity contribution >= 4 is 5.91 Å². The molecule has 6 nitrogen and oxygen atoms in total. The molecule has 1 aromatic carbocycles. The molecule has 25 heavy (non-hydrogen) atoms. The van der Waals surface area contributed by atoms with Crippen molar-refractivity contribution in [2.24, 2.45) is 5.73 Å². The lowest BCUT2D eigenvalue weighted by molar-refractivity contribution is -0.0514. The van der Waals surface area contributed by atoms with Crippen molar-refractivity contribution in [2.45, 2.75) is 26.6 Å². The Morgan fingerprint density at radius 2 is 2.08 bits per heavy atom. The van der Waals surface area contributed by atoms with Gasteiger partial charge in [0.25, 0.3) is 5.91 Å². The molecule has 2 rings (SSSR count). The van der Waals surface area contributed by atoms with Crippen LogP contribution in [0.3, 0.4) is 0 Å². The van der Waals surface area contributed by atoms with Crippen LogP contribution < -0.4 is 15.2 Å². The van der Waals surface area contributed by atoms with Crippen LogP contribution in [0.2, 0.25) is 0 Å². The van der Waals surface area contributed by atoms with Crippen LogP contribution in [0.25, 0.3) is 0 Å². The zero-order valence-electron chi connectivity index (χ0n) is 14.0. The van der Waals surface area contributed by atoms with Gasteiger partial charge in [0.15, 0.2) is 11.5 Å². The largest absolute Gasteiger partial charge is 0.490 e. The molecule has 0 fully saturated rings. The predicted octanol–water partition coefficient (Wildman–Crippen LogP) is 3.01. The molecule has 2 aromatic rings. The summed E-state index contributed by atoms with van der Waals surface area (Å²) in [6, 6.07) is 6.16. The molecule has 0 aliphatic rings. The summed E-state index contributed by atoms with van der Waals surface area (Å²) in [6.45, 7) is -0.429. The number of amides is 1. The van der Waals surface area contributed by atoms with Gasteiger partial charge in [0.2, 0.25) is 0 Å². The van der Waals surface area contributed by atoms with Crippen LogP contribution in [0.5, 0.6) is 11.5 Å². The predicted molar refractivity (Wildman–Crippen MR) is 86.6 cm³/mol. The Morgan fingerprint density at radius 1 is 1.32 bits per heavy atom. The number of nitrogens with zero attached hydrogens (tertiary/aromatic N) is 1. The number of nitrogens with two attached hydrogens (primary N) is 1. The highest BCUT2D eigenvalue weighted by Crippen LogP contribution is 2.30. The molecule has 1 amide bonds. The van der Waals surface area contributed by atoms with Crippen molar-refractivity contribution < 1.29 is 27.5 Å². The summed E-state index contributed by atoms with van der Waals surface area (Å²) < 4.78 is 39.8. The molecule has 0 aliphatic heterocycles.